The molecule has 1 aliphatic heterocycles. The van der Waals surface area contributed by atoms with Crippen LogP contribution in [0.3, 0.4) is 0 Å². The van der Waals surface area contributed by atoms with Gasteiger partial charge in [0.05, 0.1) is 25.9 Å². The number of hydrogen-bond acceptors (Lipinski definition) is 4. The first-order chi connectivity index (χ1) is 10.8. The van der Waals surface area contributed by atoms with Crippen LogP contribution >= 0.6 is 0 Å². The van der Waals surface area contributed by atoms with Crippen molar-refractivity contribution >= 4 is 17.3 Å². The van der Waals surface area contributed by atoms with Crippen LogP contribution in [-0.4, -0.2) is 32.7 Å². The van der Waals surface area contributed by atoms with Crippen molar-refractivity contribution in [3.8, 4) is 11.5 Å². The van der Waals surface area contributed by atoms with Crippen molar-refractivity contribution in [2.75, 3.05) is 37.0 Å². The number of carbonyl (C=O) groups excluding carboxylic acids is 1. The highest BCUT2D eigenvalue weighted by atomic mass is 16.5. The maximum absolute atomic E-state index is 12.3. The first kappa shape index (κ1) is 14.3. The van der Waals surface area contributed by atoms with Gasteiger partial charge >= 0.3 is 0 Å². The van der Waals surface area contributed by atoms with Gasteiger partial charge in [-0.3, -0.25) is 4.79 Å². The van der Waals surface area contributed by atoms with Crippen molar-refractivity contribution < 1.29 is 14.3 Å². The van der Waals surface area contributed by atoms with Crippen molar-refractivity contribution in [2.24, 2.45) is 0 Å². The summed E-state index contributed by atoms with van der Waals surface area (Å²) < 4.78 is 10.7. The van der Waals surface area contributed by atoms with Crippen molar-refractivity contribution in [1.82, 2.24) is 0 Å². The van der Waals surface area contributed by atoms with E-state index in [0.717, 1.165) is 22.9 Å². The van der Waals surface area contributed by atoms with Gasteiger partial charge in [0, 0.05) is 11.8 Å². The Bertz CT molecular complexity index is 672. The van der Waals surface area contributed by atoms with E-state index in [1.54, 1.807) is 13.2 Å². The summed E-state index contributed by atoms with van der Waals surface area (Å²) in [6.07, 6.45) is 0. The molecule has 0 atom stereocenters. The number of nitrogens with one attached hydrogen (secondary N) is 1. The topological polar surface area (TPSA) is 50.8 Å². The van der Waals surface area contributed by atoms with Crippen molar-refractivity contribution in [1.29, 1.82) is 0 Å². The van der Waals surface area contributed by atoms with E-state index in [9.17, 15) is 4.79 Å². The Morgan fingerprint density at radius 3 is 3.00 bits per heavy atom. The van der Waals surface area contributed by atoms with Gasteiger partial charge in [0.15, 0.2) is 0 Å². The van der Waals surface area contributed by atoms with Crippen LogP contribution in [0.2, 0.25) is 0 Å². The maximum atomic E-state index is 12.3. The molecule has 0 saturated carbocycles. The molecule has 0 aliphatic carbocycles. The van der Waals surface area contributed by atoms with Gasteiger partial charge in [-0.15, -0.1) is 0 Å². The SMILES string of the molecule is COc1cccc(NC(=O)CN2CCOc3ccccc32)c1. The van der Waals surface area contributed by atoms with E-state index in [1.165, 1.54) is 0 Å². The number of amides is 1. The predicted octanol–water partition coefficient (Wildman–Crippen LogP) is 2.53. The lowest BCUT2D eigenvalue weighted by atomic mass is 10.2. The van der Waals surface area contributed by atoms with Crippen LogP contribution in [0.25, 0.3) is 0 Å². The molecular weight excluding hydrogens is 280 g/mol. The Morgan fingerprint density at radius 2 is 2.14 bits per heavy atom. The quantitative estimate of drug-likeness (QED) is 0.942. The molecule has 0 fully saturated rings. The average Bonchev–Trinajstić information content (AvgIpc) is 2.55. The van der Waals surface area contributed by atoms with E-state index >= 15 is 0 Å². The molecule has 1 N–H and O–H groups in total. The highest BCUT2D eigenvalue weighted by Gasteiger charge is 2.19. The maximum Gasteiger partial charge on any atom is 0.243 e. The number of benzene rings is 2. The molecule has 3 rings (SSSR count). The van der Waals surface area contributed by atoms with Crippen LogP contribution in [0.5, 0.6) is 11.5 Å². The Balaban J connectivity index is 1.67. The van der Waals surface area contributed by atoms with Crippen LogP contribution in [-0.2, 0) is 4.79 Å². The highest BCUT2D eigenvalue weighted by molar-refractivity contribution is 5.94. The van der Waals surface area contributed by atoms with Crippen LogP contribution in [0.1, 0.15) is 0 Å². The van der Waals surface area contributed by atoms with E-state index < -0.39 is 0 Å². The summed E-state index contributed by atoms with van der Waals surface area (Å²) in [5.41, 5.74) is 1.68. The zero-order valence-corrected chi connectivity index (χ0v) is 12.4. The van der Waals surface area contributed by atoms with Gasteiger partial charge < -0.3 is 19.7 Å². The monoisotopic (exact) mass is 298 g/mol. The van der Waals surface area contributed by atoms with E-state index in [-0.39, 0.29) is 12.5 Å². The summed E-state index contributed by atoms with van der Waals surface area (Å²) in [6.45, 7) is 1.57. The lowest BCUT2D eigenvalue weighted by Gasteiger charge is -2.30. The second kappa shape index (κ2) is 6.39. The molecule has 1 aliphatic rings. The molecule has 1 heterocycles. The fraction of sp³-hybridized carbons (Fsp3) is 0.235. The Hall–Kier alpha value is -2.69. The molecule has 22 heavy (non-hydrogen) atoms. The minimum atomic E-state index is -0.0649. The molecule has 1 amide bonds. The number of hydrogen-bond donors (Lipinski definition) is 1. The van der Waals surface area contributed by atoms with Crippen LogP contribution in [0.4, 0.5) is 11.4 Å². The molecule has 0 radical (unpaired) electrons. The number of ether oxygens (including phenoxy) is 2. The molecule has 2 aromatic carbocycles. The second-order valence-electron chi connectivity index (χ2n) is 5.02. The molecule has 2 aromatic rings. The lowest BCUT2D eigenvalue weighted by Crippen LogP contribution is -2.38. The van der Waals surface area contributed by atoms with Crippen LogP contribution in [0, 0.1) is 0 Å². The molecule has 0 aromatic heterocycles. The van der Waals surface area contributed by atoms with Gasteiger partial charge in [-0.2, -0.15) is 0 Å². The Labute approximate surface area is 129 Å². The molecule has 0 bridgehead atoms. The summed E-state index contributed by atoms with van der Waals surface area (Å²) >= 11 is 0. The molecule has 5 nitrogen and oxygen atoms in total. The van der Waals surface area contributed by atoms with Crippen molar-refractivity contribution in [2.45, 2.75) is 0 Å². The molecule has 0 saturated heterocycles. The number of methoxy groups -OCH3 is 1. The van der Waals surface area contributed by atoms with Crippen molar-refractivity contribution in [3.63, 3.8) is 0 Å². The lowest BCUT2D eigenvalue weighted by molar-refractivity contribution is -0.115. The summed E-state index contributed by atoms with van der Waals surface area (Å²) in [5, 5.41) is 2.89. The molecule has 0 spiro atoms. The van der Waals surface area contributed by atoms with E-state index in [0.29, 0.717) is 13.2 Å². The minimum absolute atomic E-state index is 0.0649. The highest BCUT2D eigenvalue weighted by Crippen LogP contribution is 2.30. The summed E-state index contributed by atoms with van der Waals surface area (Å²) in [6, 6.07) is 15.1. The van der Waals surface area contributed by atoms with Gasteiger partial charge in [0.25, 0.3) is 0 Å². The number of fused-ring (bicyclic) bond motifs is 1. The largest absolute Gasteiger partial charge is 0.497 e. The number of anilines is 2. The summed E-state index contributed by atoms with van der Waals surface area (Å²) in [5.74, 6) is 1.47. The molecule has 5 heteroatoms. The third kappa shape index (κ3) is 3.14. The summed E-state index contributed by atoms with van der Waals surface area (Å²) in [7, 11) is 1.60. The van der Waals surface area contributed by atoms with E-state index in [1.807, 2.05) is 47.4 Å². The normalized spacial score (nSPS) is 13.0. The zero-order chi connectivity index (χ0) is 15.4. The van der Waals surface area contributed by atoms with Gasteiger partial charge in [0.2, 0.25) is 5.91 Å². The number of nitrogens with zero attached hydrogens (tertiary/aromatic N) is 1. The van der Waals surface area contributed by atoms with E-state index in [4.69, 9.17) is 9.47 Å². The third-order valence-corrected chi connectivity index (χ3v) is 3.51. The number of para-hydroxylation sites is 2. The molecule has 114 valence electrons. The van der Waals surface area contributed by atoms with E-state index in [2.05, 4.69) is 5.32 Å². The van der Waals surface area contributed by atoms with Crippen LogP contribution in [0.15, 0.2) is 48.5 Å². The number of rotatable bonds is 4. The zero-order valence-electron chi connectivity index (χ0n) is 12.4. The van der Waals surface area contributed by atoms with Crippen molar-refractivity contribution in [3.05, 3.63) is 48.5 Å². The Kier molecular flexibility index (Phi) is 4.14. The Morgan fingerprint density at radius 1 is 1.27 bits per heavy atom. The average molecular weight is 298 g/mol. The minimum Gasteiger partial charge on any atom is -0.497 e. The first-order valence-corrected chi connectivity index (χ1v) is 7.17. The van der Waals surface area contributed by atoms with Gasteiger partial charge in [-0.05, 0) is 24.3 Å². The predicted molar refractivity (Wildman–Crippen MR) is 85.8 cm³/mol. The third-order valence-electron chi connectivity index (χ3n) is 3.51. The fourth-order valence-corrected chi connectivity index (χ4v) is 2.47. The first-order valence-electron chi connectivity index (χ1n) is 7.17. The number of carbonyl (C=O) groups is 1. The fourth-order valence-electron chi connectivity index (χ4n) is 2.47. The molecular formula is C17H18N2O3. The molecule has 0 unspecified atom stereocenters. The standard InChI is InChI=1S/C17H18N2O3/c1-21-14-6-4-5-13(11-14)18-17(20)12-19-9-10-22-16-8-3-2-7-15(16)19/h2-8,11H,9-10,12H2,1H3,(H,18,20). The van der Waals surface area contributed by atoms with Gasteiger partial charge in [-0.25, -0.2) is 0 Å². The smallest absolute Gasteiger partial charge is 0.243 e. The van der Waals surface area contributed by atoms with Gasteiger partial charge in [-0.1, -0.05) is 18.2 Å². The van der Waals surface area contributed by atoms with Gasteiger partial charge in [0.1, 0.15) is 18.1 Å². The second-order valence-corrected chi connectivity index (χ2v) is 5.02. The van der Waals surface area contributed by atoms with Crippen LogP contribution < -0.4 is 19.7 Å². The summed E-state index contributed by atoms with van der Waals surface area (Å²) in [4.78, 5) is 14.3.